The number of rotatable bonds is 1. The molecule has 3 nitrogen and oxygen atoms in total. The number of aromatic nitrogens is 1. The van der Waals surface area contributed by atoms with Gasteiger partial charge in [-0.2, -0.15) is 5.26 Å². The van der Waals surface area contributed by atoms with Crippen LogP contribution in [0.3, 0.4) is 0 Å². The van der Waals surface area contributed by atoms with Crippen molar-refractivity contribution in [3.63, 3.8) is 0 Å². The van der Waals surface area contributed by atoms with Crippen molar-refractivity contribution in [1.82, 2.24) is 10.3 Å². The Hall–Kier alpha value is -1.40. The Morgan fingerprint density at radius 3 is 3.14 bits per heavy atom. The molecule has 72 valence electrons. The van der Waals surface area contributed by atoms with E-state index < -0.39 is 0 Å². The van der Waals surface area contributed by atoms with Gasteiger partial charge in [0.25, 0.3) is 0 Å². The van der Waals surface area contributed by atoms with Crippen molar-refractivity contribution in [2.45, 2.75) is 25.3 Å². The van der Waals surface area contributed by atoms with E-state index in [2.05, 4.69) is 16.4 Å². The third kappa shape index (κ3) is 1.75. The number of nitriles is 1. The summed E-state index contributed by atoms with van der Waals surface area (Å²) < 4.78 is 0. The molecule has 0 amide bonds. The molecular formula is C11H13N3. The highest BCUT2D eigenvalue weighted by molar-refractivity contribution is 5.33. The van der Waals surface area contributed by atoms with Crippen LogP contribution in [0.5, 0.6) is 0 Å². The lowest BCUT2D eigenvalue weighted by Gasteiger charge is -2.23. The molecule has 1 N–H and O–H groups in total. The molecule has 1 aliphatic rings. The molecule has 1 aromatic rings. The van der Waals surface area contributed by atoms with E-state index in [1.807, 2.05) is 12.1 Å². The average molecular weight is 187 g/mol. The van der Waals surface area contributed by atoms with Crippen LogP contribution in [-0.4, -0.2) is 11.5 Å². The van der Waals surface area contributed by atoms with E-state index in [1.165, 1.54) is 12.8 Å². The van der Waals surface area contributed by atoms with Crippen LogP contribution < -0.4 is 5.32 Å². The van der Waals surface area contributed by atoms with Gasteiger partial charge in [-0.3, -0.25) is 0 Å². The second kappa shape index (κ2) is 4.21. The maximum Gasteiger partial charge on any atom is 0.145 e. The molecule has 0 radical (unpaired) electrons. The lowest BCUT2D eigenvalue weighted by atomic mass is 9.97. The summed E-state index contributed by atoms with van der Waals surface area (Å²) in [4.78, 5) is 4.07. The van der Waals surface area contributed by atoms with Crippen LogP contribution in [0.25, 0.3) is 0 Å². The Morgan fingerprint density at radius 2 is 2.43 bits per heavy atom. The van der Waals surface area contributed by atoms with Crippen LogP contribution in [0.4, 0.5) is 0 Å². The van der Waals surface area contributed by atoms with Gasteiger partial charge in [-0.05, 0) is 25.5 Å². The minimum Gasteiger partial charge on any atom is -0.310 e. The molecule has 2 rings (SSSR count). The van der Waals surface area contributed by atoms with Crippen LogP contribution in [-0.2, 0) is 0 Å². The Labute approximate surface area is 83.8 Å². The van der Waals surface area contributed by atoms with Gasteiger partial charge < -0.3 is 5.32 Å². The smallest absolute Gasteiger partial charge is 0.145 e. The summed E-state index contributed by atoms with van der Waals surface area (Å²) in [5.41, 5.74) is 1.61. The highest BCUT2D eigenvalue weighted by atomic mass is 14.9. The largest absolute Gasteiger partial charge is 0.310 e. The van der Waals surface area contributed by atoms with E-state index in [1.54, 1.807) is 6.20 Å². The Balaban J connectivity index is 2.26. The van der Waals surface area contributed by atoms with Gasteiger partial charge in [-0.25, -0.2) is 4.98 Å². The van der Waals surface area contributed by atoms with Crippen molar-refractivity contribution in [2.75, 3.05) is 6.54 Å². The van der Waals surface area contributed by atoms with Gasteiger partial charge in [-0.15, -0.1) is 0 Å². The summed E-state index contributed by atoms with van der Waals surface area (Å²) in [6, 6.07) is 6.36. The van der Waals surface area contributed by atoms with E-state index in [9.17, 15) is 0 Å². The minimum absolute atomic E-state index is 0.326. The van der Waals surface area contributed by atoms with Gasteiger partial charge in [-0.1, -0.05) is 12.5 Å². The highest BCUT2D eigenvalue weighted by Gasteiger charge is 2.17. The van der Waals surface area contributed by atoms with Crippen LogP contribution in [0, 0.1) is 11.3 Å². The summed E-state index contributed by atoms with van der Waals surface area (Å²) in [5, 5.41) is 12.3. The van der Waals surface area contributed by atoms with Crippen LogP contribution in [0.15, 0.2) is 18.3 Å². The highest BCUT2D eigenvalue weighted by Crippen LogP contribution is 2.24. The van der Waals surface area contributed by atoms with Crippen LogP contribution >= 0.6 is 0 Å². The van der Waals surface area contributed by atoms with E-state index in [4.69, 9.17) is 5.26 Å². The average Bonchev–Trinajstić information content (AvgIpc) is 2.30. The molecule has 0 unspecified atom stereocenters. The predicted octanol–water partition coefficient (Wildman–Crippen LogP) is 1.77. The van der Waals surface area contributed by atoms with Gasteiger partial charge in [0.2, 0.25) is 0 Å². The van der Waals surface area contributed by atoms with E-state index in [0.29, 0.717) is 11.7 Å². The Kier molecular flexibility index (Phi) is 2.76. The molecule has 2 heterocycles. The molecular weight excluding hydrogens is 174 g/mol. The topological polar surface area (TPSA) is 48.7 Å². The SMILES string of the molecule is N#Cc1ncccc1[C@@H]1CCCCN1. The first-order valence-electron chi connectivity index (χ1n) is 5.00. The van der Waals surface area contributed by atoms with E-state index in [0.717, 1.165) is 18.5 Å². The molecule has 14 heavy (non-hydrogen) atoms. The van der Waals surface area contributed by atoms with Crippen molar-refractivity contribution in [3.8, 4) is 6.07 Å². The minimum atomic E-state index is 0.326. The zero-order chi connectivity index (χ0) is 9.80. The predicted molar refractivity (Wildman–Crippen MR) is 53.5 cm³/mol. The van der Waals surface area contributed by atoms with Gasteiger partial charge in [0.05, 0.1) is 0 Å². The molecule has 1 aromatic heterocycles. The van der Waals surface area contributed by atoms with Crippen molar-refractivity contribution in [3.05, 3.63) is 29.6 Å². The molecule has 0 bridgehead atoms. The lowest BCUT2D eigenvalue weighted by molar-refractivity contribution is 0.411. The second-order valence-corrected chi connectivity index (χ2v) is 3.56. The van der Waals surface area contributed by atoms with Crippen molar-refractivity contribution < 1.29 is 0 Å². The summed E-state index contributed by atoms with van der Waals surface area (Å²) in [6.45, 7) is 1.05. The van der Waals surface area contributed by atoms with E-state index >= 15 is 0 Å². The molecule has 0 spiro atoms. The van der Waals surface area contributed by atoms with Crippen LogP contribution in [0.2, 0.25) is 0 Å². The zero-order valence-electron chi connectivity index (χ0n) is 8.03. The number of nitrogens with one attached hydrogen (secondary N) is 1. The molecule has 1 aliphatic heterocycles. The van der Waals surface area contributed by atoms with Gasteiger partial charge in [0.15, 0.2) is 0 Å². The standard InChI is InChI=1S/C11H13N3/c12-8-11-9(4-3-7-14-11)10-5-1-2-6-13-10/h3-4,7,10,13H,1-2,5-6H2/t10-/m0/s1. The first kappa shape index (κ1) is 9.17. The molecule has 0 saturated carbocycles. The summed E-state index contributed by atoms with van der Waals surface area (Å²) in [7, 11) is 0. The first-order valence-corrected chi connectivity index (χ1v) is 5.00. The zero-order valence-corrected chi connectivity index (χ0v) is 8.03. The number of hydrogen-bond acceptors (Lipinski definition) is 3. The molecule has 3 heteroatoms. The van der Waals surface area contributed by atoms with Gasteiger partial charge in [0, 0.05) is 17.8 Å². The van der Waals surface area contributed by atoms with Crippen molar-refractivity contribution in [1.29, 1.82) is 5.26 Å². The molecule has 0 aliphatic carbocycles. The van der Waals surface area contributed by atoms with Gasteiger partial charge >= 0.3 is 0 Å². The number of hydrogen-bond donors (Lipinski definition) is 1. The summed E-state index contributed by atoms with van der Waals surface area (Å²) in [6.07, 6.45) is 5.25. The Morgan fingerprint density at radius 1 is 1.50 bits per heavy atom. The molecule has 1 fully saturated rings. The molecule has 1 saturated heterocycles. The second-order valence-electron chi connectivity index (χ2n) is 3.56. The van der Waals surface area contributed by atoms with Gasteiger partial charge in [0.1, 0.15) is 11.8 Å². The fourth-order valence-corrected chi connectivity index (χ4v) is 1.91. The fourth-order valence-electron chi connectivity index (χ4n) is 1.91. The van der Waals surface area contributed by atoms with Crippen LogP contribution in [0.1, 0.15) is 36.6 Å². The Bertz CT molecular complexity index is 348. The monoisotopic (exact) mass is 187 g/mol. The fraction of sp³-hybridized carbons (Fsp3) is 0.455. The third-order valence-corrected chi connectivity index (χ3v) is 2.63. The lowest BCUT2D eigenvalue weighted by Crippen LogP contribution is -2.27. The van der Waals surface area contributed by atoms with Crippen molar-refractivity contribution >= 4 is 0 Å². The third-order valence-electron chi connectivity index (χ3n) is 2.63. The number of pyridine rings is 1. The van der Waals surface area contributed by atoms with Crippen molar-refractivity contribution in [2.24, 2.45) is 0 Å². The molecule has 1 atom stereocenters. The number of nitrogens with zero attached hydrogens (tertiary/aromatic N) is 2. The quantitative estimate of drug-likeness (QED) is 0.728. The van der Waals surface area contributed by atoms with E-state index in [-0.39, 0.29) is 0 Å². The summed E-state index contributed by atoms with van der Waals surface area (Å²) in [5.74, 6) is 0. The normalized spacial score (nSPS) is 21.5. The first-order chi connectivity index (χ1) is 6.92. The number of piperidine rings is 1. The maximum atomic E-state index is 8.91. The summed E-state index contributed by atoms with van der Waals surface area (Å²) >= 11 is 0. The molecule has 0 aromatic carbocycles. The maximum absolute atomic E-state index is 8.91.